The van der Waals surface area contributed by atoms with Crippen LogP contribution < -0.4 is 4.90 Å². The second-order valence-corrected chi connectivity index (χ2v) is 6.31. The second kappa shape index (κ2) is 7.39. The summed E-state index contributed by atoms with van der Waals surface area (Å²) in [5.74, 6) is -0.704. The predicted octanol–water partition coefficient (Wildman–Crippen LogP) is 3.61. The van der Waals surface area contributed by atoms with Crippen molar-refractivity contribution in [2.24, 2.45) is 0 Å². The highest BCUT2D eigenvalue weighted by Gasteiger charge is 2.23. The summed E-state index contributed by atoms with van der Waals surface area (Å²) >= 11 is 0. The third-order valence-electron chi connectivity index (χ3n) is 4.13. The van der Waals surface area contributed by atoms with Gasteiger partial charge in [0.2, 0.25) is 5.69 Å². The van der Waals surface area contributed by atoms with Gasteiger partial charge in [-0.25, -0.2) is 4.79 Å². The lowest BCUT2D eigenvalue weighted by Gasteiger charge is -2.20. The number of hydrogen-bond acceptors (Lipinski definition) is 4. The average molecular weight is 350 g/mol. The van der Waals surface area contributed by atoms with Crippen molar-refractivity contribution in [1.29, 1.82) is 0 Å². The number of carbonyl (C=O) groups is 1. The van der Waals surface area contributed by atoms with Gasteiger partial charge in [-0.2, -0.15) is 0 Å². The minimum Gasteiger partial charge on any atom is -0.476 e. The van der Waals surface area contributed by atoms with Crippen molar-refractivity contribution in [3.63, 3.8) is 0 Å². The van der Waals surface area contributed by atoms with E-state index in [4.69, 9.17) is 0 Å². The van der Waals surface area contributed by atoms with Crippen LogP contribution in [0.25, 0.3) is 5.69 Å². The number of nitrogens with zero attached hydrogens (tertiary/aromatic N) is 4. The Morgan fingerprint density at radius 1 is 1.08 bits per heavy atom. The molecule has 0 unspecified atom stereocenters. The summed E-state index contributed by atoms with van der Waals surface area (Å²) in [5.41, 5.74) is 3.96. The summed E-state index contributed by atoms with van der Waals surface area (Å²) in [6, 6.07) is 15.8. The Bertz CT molecular complexity index is 899. The highest BCUT2D eigenvalue weighted by Crippen LogP contribution is 2.21. The van der Waals surface area contributed by atoms with Gasteiger partial charge in [-0.15, -0.1) is 15.0 Å². The van der Waals surface area contributed by atoms with Gasteiger partial charge in [0.05, 0.1) is 5.69 Å². The first-order valence-corrected chi connectivity index (χ1v) is 8.56. The van der Waals surface area contributed by atoms with Crippen LogP contribution in [0.1, 0.15) is 34.1 Å². The summed E-state index contributed by atoms with van der Waals surface area (Å²) in [4.78, 5) is 15.1. The molecule has 0 spiro atoms. The molecule has 2 aromatic carbocycles. The van der Waals surface area contributed by atoms with E-state index in [-0.39, 0.29) is 5.69 Å². The lowest BCUT2D eigenvalue weighted by atomic mass is 10.1. The summed E-state index contributed by atoms with van der Waals surface area (Å²) in [7, 11) is 0. The minimum atomic E-state index is -1.08. The number of aromatic nitrogens is 3. The monoisotopic (exact) mass is 350 g/mol. The van der Waals surface area contributed by atoms with Crippen LogP contribution in [0, 0.1) is 13.8 Å². The maximum absolute atomic E-state index is 11.7. The molecule has 0 fully saturated rings. The molecule has 0 radical (unpaired) electrons. The predicted molar refractivity (Wildman–Crippen MR) is 101 cm³/mol. The van der Waals surface area contributed by atoms with Crippen molar-refractivity contribution < 1.29 is 9.90 Å². The molecule has 1 aromatic heterocycles. The highest BCUT2D eigenvalue weighted by molar-refractivity contribution is 5.91. The van der Waals surface area contributed by atoms with Crippen LogP contribution in [-0.4, -0.2) is 32.6 Å². The van der Waals surface area contributed by atoms with Gasteiger partial charge in [-0.05, 0) is 49.6 Å². The van der Waals surface area contributed by atoms with Gasteiger partial charge in [0.25, 0.3) is 0 Å². The topological polar surface area (TPSA) is 71.2 Å². The van der Waals surface area contributed by atoms with Gasteiger partial charge in [0, 0.05) is 13.1 Å². The van der Waals surface area contributed by atoms with E-state index in [0.717, 1.165) is 22.4 Å². The van der Waals surface area contributed by atoms with Crippen molar-refractivity contribution in [2.75, 3.05) is 11.4 Å². The fourth-order valence-electron chi connectivity index (χ4n) is 2.97. The zero-order valence-electron chi connectivity index (χ0n) is 15.2. The molecule has 26 heavy (non-hydrogen) atoms. The molecule has 3 rings (SSSR count). The molecular formula is C20H22N4O2. The van der Waals surface area contributed by atoms with Crippen LogP contribution in [0.2, 0.25) is 0 Å². The molecule has 6 heteroatoms. The Hall–Kier alpha value is -3.15. The van der Waals surface area contributed by atoms with Crippen LogP contribution in [-0.2, 0) is 6.54 Å². The number of hydrogen-bond donors (Lipinski definition) is 1. The van der Waals surface area contributed by atoms with Crippen molar-refractivity contribution in [3.8, 4) is 5.69 Å². The normalized spacial score (nSPS) is 10.7. The minimum absolute atomic E-state index is 0.0399. The van der Waals surface area contributed by atoms with Crippen LogP contribution >= 0.6 is 0 Å². The van der Waals surface area contributed by atoms with Gasteiger partial charge in [-0.1, -0.05) is 36.4 Å². The van der Waals surface area contributed by atoms with Crippen molar-refractivity contribution in [1.82, 2.24) is 15.0 Å². The number of anilines is 1. The molecule has 1 heterocycles. The van der Waals surface area contributed by atoms with E-state index in [1.54, 1.807) is 0 Å². The van der Waals surface area contributed by atoms with E-state index in [0.29, 0.717) is 18.9 Å². The van der Waals surface area contributed by atoms with E-state index >= 15 is 0 Å². The summed E-state index contributed by atoms with van der Waals surface area (Å²) in [6.07, 6.45) is 0. The van der Waals surface area contributed by atoms with E-state index in [1.807, 2.05) is 68.1 Å². The molecule has 0 saturated carbocycles. The average Bonchev–Trinajstić information content (AvgIpc) is 3.05. The molecule has 0 aliphatic heterocycles. The number of carboxylic acids is 1. The molecule has 0 bridgehead atoms. The van der Waals surface area contributed by atoms with Gasteiger partial charge < -0.3 is 10.0 Å². The Morgan fingerprint density at radius 2 is 1.73 bits per heavy atom. The molecule has 134 valence electrons. The molecule has 3 aromatic rings. The SMILES string of the molecule is CCN(Cc1ccccc1)c1nn(-c2cc(C)cc(C)c2)nc1C(=O)O. The number of benzene rings is 2. The number of carboxylic acid groups (broad SMARTS) is 1. The fraction of sp³-hybridized carbons (Fsp3) is 0.250. The van der Waals surface area contributed by atoms with Crippen LogP contribution in [0.3, 0.4) is 0 Å². The highest BCUT2D eigenvalue weighted by atomic mass is 16.4. The van der Waals surface area contributed by atoms with Gasteiger partial charge >= 0.3 is 5.97 Å². The third kappa shape index (κ3) is 3.74. The molecule has 0 aliphatic rings. The van der Waals surface area contributed by atoms with Crippen molar-refractivity contribution in [2.45, 2.75) is 27.3 Å². The zero-order chi connectivity index (χ0) is 18.7. The Kier molecular flexibility index (Phi) is 5.02. The molecular weight excluding hydrogens is 328 g/mol. The maximum atomic E-state index is 11.7. The van der Waals surface area contributed by atoms with Gasteiger partial charge in [-0.3, -0.25) is 0 Å². The quantitative estimate of drug-likeness (QED) is 0.735. The summed E-state index contributed by atoms with van der Waals surface area (Å²) in [6.45, 7) is 7.16. The van der Waals surface area contributed by atoms with E-state index in [1.165, 1.54) is 4.80 Å². The Labute approximate surface area is 152 Å². The molecule has 0 aliphatic carbocycles. The number of aromatic carboxylic acids is 1. The maximum Gasteiger partial charge on any atom is 0.360 e. The number of aryl methyl sites for hydroxylation is 2. The summed E-state index contributed by atoms with van der Waals surface area (Å²) < 4.78 is 0. The lowest BCUT2D eigenvalue weighted by molar-refractivity contribution is 0.0690. The molecule has 0 atom stereocenters. The van der Waals surface area contributed by atoms with Gasteiger partial charge in [0.1, 0.15) is 0 Å². The smallest absolute Gasteiger partial charge is 0.360 e. The largest absolute Gasteiger partial charge is 0.476 e. The van der Waals surface area contributed by atoms with Gasteiger partial charge in [0.15, 0.2) is 5.82 Å². The van der Waals surface area contributed by atoms with E-state index in [9.17, 15) is 9.90 Å². The van der Waals surface area contributed by atoms with Crippen molar-refractivity contribution >= 4 is 11.8 Å². The van der Waals surface area contributed by atoms with E-state index < -0.39 is 5.97 Å². The van der Waals surface area contributed by atoms with Crippen LogP contribution in [0.5, 0.6) is 0 Å². The third-order valence-corrected chi connectivity index (χ3v) is 4.13. The molecule has 0 saturated heterocycles. The first kappa shape index (κ1) is 17.7. The Balaban J connectivity index is 2.02. The lowest BCUT2D eigenvalue weighted by Crippen LogP contribution is -2.24. The van der Waals surface area contributed by atoms with Crippen molar-refractivity contribution in [3.05, 3.63) is 70.9 Å². The zero-order valence-corrected chi connectivity index (χ0v) is 15.2. The number of rotatable bonds is 6. The molecule has 1 N–H and O–H groups in total. The first-order valence-electron chi connectivity index (χ1n) is 8.56. The standard InChI is InChI=1S/C20H22N4O2/c1-4-23(13-16-8-6-5-7-9-16)19-18(20(25)26)21-24(22-19)17-11-14(2)10-15(3)12-17/h5-12H,4,13H2,1-3H3,(H,25,26). The van der Waals surface area contributed by atoms with Crippen LogP contribution in [0.4, 0.5) is 5.82 Å². The van der Waals surface area contributed by atoms with E-state index in [2.05, 4.69) is 16.3 Å². The molecule has 0 amide bonds. The van der Waals surface area contributed by atoms with Crippen LogP contribution in [0.15, 0.2) is 48.5 Å². The molecule has 6 nitrogen and oxygen atoms in total. The first-order chi connectivity index (χ1) is 12.5. The fourth-order valence-corrected chi connectivity index (χ4v) is 2.97. The Morgan fingerprint density at radius 3 is 2.31 bits per heavy atom. The second-order valence-electron chi connectivity index (χ2n) is 6.31. The summed E-state index contributed by atoms with van der Waals surface area (Å²) in [5, 5.41) is 18.3.